The summed E-state index contributed by atoms with van der Waals surface area (Å²) in [6, 6.07) is 3.60. The van der Waals surface area contributed by atoms with Gasteiger partial charge in [0, 0.05) is 6.20 Å². The lowest BCUT2D eigenvalue weighted by Crippen LogP contribution is -2.17. The van der Waals surface area contributed by atoms with Crippen LogP contribution in [0, 0.1) is 6.92 Å². The molecule has 0 fully saturated rings. The van der Waals surface area contributed by atoms with Gasteiger partial charge in [-0.25, -0.2) is 4.98 Å². The Kier molecular flexibility index (Phi) is 3.72. The van der Waals surface area contributed by atoms with Crippen molar-refractivity contribution in [1.29, 1.82) is 0 Å². The summed E-state index contributed by atoms with van der Waals surface area (Å²) in [4.78, 5) is 15.7. The molecule has 0 aliphatic carbocycles. The minimum absolute atomic E-state index is 0.106. The highest BCUT2D eigenvalue weighted by Crippen LogP contribution is 2.19. The maximum absolute atomic E-state index is 11.3. The molecule has 0 aromatic carbocycles. The molecule has 0 aliphatic rings. The Labute approximate surface area is 110 Å². The van der Waals surface area contributed by atoms with Crippen LogP contribution in [-0.4, -0.2) is 28.5 Å². The molecule has 0 bridgehead atoms. The normalized spacial score (nSPS) is 10.6. The molecule has 0 saturated carbocycles. The summed E-state index contributed by atoms with van der Waals surface area (Å²) in [6.07, 6.45) is 1.75. The number of aryl methyl sites for hydroxylation is 1. The number of halogens is 1. The van der Waals surface area contributed by atoms with E-state index in [1.54, 1.807) is 19.2 Å². The minimum Gasteiger partial charge on any atom is -0.465 e. The Balaban J connectivity index is 2.24. The van der Waals surface area contributed by atoms with Gasteiger partial charge in [0.05, 0.1) is 17.3 Å². The van der Waals surface area contributed by atoms with Crippen LogP contribution in [0.4, 0.5) is 5.82 Å². The third kappa shape index (κ3) is 2.56. The van der Waals surface area contributed by atoms with Crippen molar-refractivity contribution in [2.75, 3.05) is 18.5 Å². The third-order valence-corrected chi connectivity index (χ3v) is 2.69. The van der Waals surface area contributed by atoms with Gasteiger partial charge in [0.1, 0.15) is 18.0 Å². The van der Waals surface area contributed by atoms with E-state index in [2.05, 4.69) is 10.3 Å². The zero-order valence-electron chi connectivity index (χ0n) is 10.2. The molecule has 1 N–H and O–H groups in total. The molecule has 0 amide bonds. The average Bonchev–Trinajstić information content (AvgIpc) is 2.62. The second kappa shape index (κ2) is 5.27. The van der Waals surface area contributed by atoms with Gasteiger partial charge in [0.2, 0.25) is 0 Å². The summed E-state index contributed by atoms with van der Waals surface area (Å²) in [5.74, 6) is 0.453. The Morgan fingerprint density at radius 2 is 2.33 bits per heavy atom. The Hall–Kier alpha value is -1.75. The van der Waals surface area contributed by atoms with Crippen molar-refractivity contribution in [2.24, 2.45) is 0 Å². The van der Waals surface area contributed by atoms with E-state index >= 15 is 0 Å². The summed E-state index contributed by atoms with van der Waals surface area (Å²) < 4.78 is 6.68. The Morgan fingerprint density at radius 1 is 1.56 bits per heavy atom. The van der Waals surface area contributed by atoms with Gasteiger partial charge in [0.15, 0.2) is 0 Å². The first-order chi connectivity index (χ1) is 8.61. The van der Waals surface area contributed by atoms with E-state index in [1.165, 1.54) is 0 Å². The smallest absolute Gasteiger partial charge is 0.325 e. The van der Waals surface area contributed by atoms with Gasteiger partial charge < -0.3 is 10.1 Å². The summed E-state index contributed by atoms with van der Waals surface area (Å²) in [5.41, 5.74) is 1.59. The summed E-state index contributed by atoms with van der Waals surface area (Å²) >= 11 is 5.94. The monoisotopic (exact) mass is 267 g/mol. The lowest BCUT2D eigenvalue weighted by Gasteiger charge is -2.06. The number of imidazole rings is 1. The molecule has 0 saturated heterocycles. The number of hydrogen-bond donors (Lipinski definition) is 1. The van der Waals surface area contributed by atoms with Crippen LogP contribution in [0.25, 0.3) is 5.65 Å². The largest absolute Gasteiger partial charge is 0.465 e. The summed E-state index contributed by atoms with van der Waals surface area (Å²) in [5, 5.41) is 3.63. The summed E-state index contributed by atoms with van der Waals surface area (Å²) in [7, 11) is 0. The molecule has 0 aliphatic heterocycles. The number of anilines is 1. The van der Waals surface area contributed by atoms with E-state index < -0.39 is 0 Å². The van der Waals surface area contributed by atoms with Crippen LogP contribution in [-0.2, 0) is 9.53 Å². The van der Waals surface area contributed by atoms with Crippen molar-refractivity contribution < 1.29 is 9.53 Å². The maximum Gasteiger partial charge on any atom is 0.325 e. The molecule has 5 nitrogen and oxygen atoms in total. The molecule has 2 aromatic heterocycles. The zero-order chi connectivity index (χ0) is 13.1. The molecule has 0 unspecified atom stereocenters. The highest BCUT2D eigenvalue weighted by Gasteiger charge is 2.10. The van der Waals surface area contributed by atoms with Crippen molar-refractivity contribution in [3.05, 3.63) is 29.0 Å². The second-order valence-electron chi connectivity index (χ2n) is 3.78. The third-order valence-electron chi connectivity index (χ3n) is 2.46. The van der Waals surface area contributed by atoms with Crippen molar-refractivity contribution in [3.63, 3.8) is 0 Å². The lowest BCUT2D eigenvalue weighted by atomic mass is 10.4. The van der Waals surface area contributed by atoms with Gasteiger partial charge in [-0.2, -0.15) is 0 Å². The van der Waals surface area contributed by atoms with Gasteiger partial charge in [-0.15, -0.1) is 0 Å². The number of hydrogen-bond acceptors (Lipinski definition) is 4. The highest BCUT2D eigenvalue weighted by atomic mass is 35.5. The molecular weight excluding hydrogens is 254 g/mol. The molecule has 18 heavy (non-hydrogen) atoms. The van der Waals surface area contributed by atoms with Gasteiger partial charge in [-0.3, -0.25) is 9.20 Å². The second-order valence-corrected chi connectivity index (χ2v) is 4.22. The Morgan fingerprint density at radius 3 is 3.06 bits per heavy atom. The quantitative estimate of drug-likeness (QED) is 0.864. The number of carbonyl (C=O) groups excluding carboxylic acids is 1. The number of aromatic nitrogens is 2. The molecular formula is C12H14ClN3O2. The molecule has 2 rings (SSSR count). The van der Waals surface area contributed by atoms with Crippen LogP contribution in [0.1, 0.15) is 12.6 Å². The van der Waals surface area contributed by atoms with Crippen LogP contribution in [0.3, 0.4) is 0 Å². The number of fused-ring (bicyclic) bond motifs is 1. The summed E-state index contributed by atoms with van der Waals surface area (Å²) in [6.45, 7) is 4.12. The molecule has 0 spiro atoms. The SMILES string of the molecule is CCOC(=O)CNc1c(C)nc2ccc(Cl)cn12. The van der Waals surface area contributed by atoms with Crippen LogP contribution < -0.4 is 5.32 Å². The first kappa shape index (κ1) is 12.7. The predicted molar refractivity (Wildman–Crippen MR) is 70.1 cm³/mol. The number of esters is 1. The molecule has 0 atom stereocenters. The van der Waals surface area contributed by atoms with Crippen molar-refractivity contribution in [3.8, 4) is 0 Å². The Bertz CT molecular complexity index is 580. The van der Waals surface area contributed by atoms with E-state index in [1.807, 2.05) is 17.4 Å². The van der Waals surface area contributed by atoms with Crippen molar-refractivity contribution in [2.45, 2.75) is 13.8 Å². The van der Waals surface area contributed by atoms with Gasteiger partial charge in [-0.1, -0.05) is 11.6 Å². The number of nitrogens with one attached hydrogen (secondary N) is 1. The molecule has 2 heterocycles. The minimum atomic E-state index is -0.297. The standard InChI is InChI=1S/C12H14ClN3O2/c1-3-18-11(17)6-14-12-8(2)15-10-5-4-9(13)7-16(10)12/h4-5,7,14H,3,6H2,1-2H3. The van der Waals surface area contributed by atoms with Gasteiger partial charge >= 0.3 is 5.97 Å². The van der Waals surface area contributed by atoms with Crippen LogP contribution in [0.15, 0.2) is 18.3 Å². The van der Waals surface area contributed by atoms with Crippen LogP contribution >= 0.6 is 11.6 Å². The number of nitrogens with zero attached hydrogens (tertiary/aromatic N) is 2. The zero-order valence-corrected chi connectivity index (χ0v) is 11.0. The van der Waals surface area contributed by atoms with E-state index in [-0.39, 0.29) is 12.5 Å². The molecule has 2 aromatic rings. The molecule has 96 valence electrons. The maximum atomic E-state index is 11.3. The van der Waals surface area contributed by atoms with Gasteiger partial charge in [0.25, 0.3) is 0 Å². The number of pyridine rings is 1. The fraction of sp³-hybridized carbons (Fsp3) is 0.333. The predicted octanol–water partition coefficient (Wildman–Crippen LogP) is 2.27. The number of carbonyl (C=O) groups is 1. The molecule has 6 heteroatoms. The first-order valence-electron chi connectivity index (χ1n) is 5.65. The topological polar surface area (TPSA) is 55.6 Å². The van der Waals surface area contributed by atoms with Gasteiger partial charge in [-0.05, 0) is 26.0 Å². The number of ether oxygens (including phenoxy) is 1. The van der Waals surface area contributed by atoms with E-state index in [0.29, 0.717) is 11.6 Å². The van der Waals surface area contributed by atoms with E-state index in [0.717, 1.165) is 17.2 Å². The van der Waals surface area contributed by atoms with E-state index in [9.17, 15) is 4.79 Å². The fourth-order valence-electron chi connectivity index (χ4n) is 1.72. The van der Waals surface area contributed by atoms with Crippen LogP contribution in [0.5, 0.6) is 0 Å². The van der Waals surface area contributed by atoms with Crippen molar-refractivity contribution in [1.82, 2.24) is 9.38 Å². The number of rotatable bonds is 4. The molecule has 0 radical (unpaired) electrons. The fourth-order valence-corrected chi connectivity index (χ4v) is 1.88. The van der Waals surface area contributed by atoms with Crippen LogP contribution in [0.2, 0.25) is 5.02 Å². The highest BCUT2D eigenvalue weighted by molar-refractivity contribution is 6.30. The first-order valence-corrected chi connectivity index (χ1v) is 6.03. The van der Waals surface area contributed by atoms with E-state index in [4.69, 9.17) is 16.3 Å². The van der Waals surface area contributed by atoms with Crippen molar-refractivity contribution >= 4 is 29.0 Å². The average molecular weight is 268 g/mol. The lowest BCUT2D eigenvalue weighted by molar-refractivity contribution is -0.140.